The Morgan fingerprint density at radius 1 is 0.905 bits per heavy atom. The van der Waals surface area contributed by atoms with Crippen LogP contribution < -0.4 is 10.1 Å². The van der Waals surface area contributed by atoms with Crippen LogP contribution in [0.4, 0.5) is 0 Å². The highest BCUT2D eigenvalue weighted by Gasteiger charge is 2.12. The molecule has 2 aromatic rings. The Morgan fingerprint density at radius 3 is 2.00 bits per heavy atom. The van der Waals surface area contributed by atoms with Crippen molar-refractivity contribution in [3.8, 4) is 5.75 Å². The molecule has 2 rings (SSSR count). The lowest BCUT2D eigenvalue weighted by Gasteiger charge is -2.20. The van der Waals surface area contributed by atoms with Crippen LogP contribution in [0.1, 0.15) is 33.9 Å². The average molecular weight is 283 g/mol. The quantitative estimate of drug-likeness (QED) is 0.885. The number of hydrogen-bond acceptors (Lipinski definition) is 2. The molecule has 1 atom stereocenters. The summed E-state index contributed by atoms with van der Waals surface area (Å²) in [6.07, 6.45) is 0. The van der Waals surface area contributed by atoms with Gasteiger partial charge >= 0.3 is 0 Å². The van der Waals surface area contributed by atoms with E-state index < -0.39 is 0 Å². The third kappa shape index (κ3) is 3.85. The Hall–Kier alpha value is -1.80. The fourth-order valence-corrected chi connectivity index (χ4v) is 2.71. The number of hydrogen-bond donors (Lipinski definition) is 1. The van der Waals surface area contributed by atoms with Crippen molar-refractivity contribution in [1.82, 2.24) is 5.32 Å². The van der Waals surface area contributed by atoms with Crippen molar-refractivity contribution in [3.05, 3.63) is 64.2 Å². The van der Waals surface area contributed by atoms with Gasteiger partial charge in [-0.2, -0.15) is 0 Å². The van der Waals surface area contributed by atoms with Crippen LogP contribution in [0.3, 0.4) is 0 Å². The van der Waals surface area contributed by atoms with E-state index in [4.69, 9.17) is 4.74 Å². The molecular weight excluding hydrogens is 258 g/mol. The minimum atomic E-state index is 0.200. The van der Waals surface area contributed by atoms with Gasteiger partial charge in [-0.05, 0) is 51.4 Å². The zero-order chi connectivity index (χ0) is 15.4. The molecule has 0 fully saturated rings. The van der Waals surface area contributed by atoms with Crippen molar-refractivity contribution in [2.45, 2.75) is 33.7 Å². The second-order valence-electron chi connectivity index (χ2n) is 5.79. The number of likely N-dealkylation sites (N-methyl/N-ethyl adjacent to an activating group) is 1. The zero-order valence-electron chi connectivity index (χ0n) is 13.7. The lowest BCUT2D eigenvalue weighted by Crippen LogP contribution is -2.23. The second kappa shape index (κ2) is 6.77. The van der Waals surface area contributed by atoms with Gasteiger partial charge < -0.3 is 10.1 Å². The molecule has 0 amide bonds. The van der Waals surface area contributed by atoms with Crippen molar-refractivity contribution in [1.29, 1.82) is 0 Å². The fourth-order valence-electron chi connectivity index (χ4n) is 2.71. The van der Waals surface area contributed by atoms with Gasteiger partial charge in [0, 0.05) is 0 Å². The van der Waals surface area contributed by atoms with Gasteiger partial charge in [0.25, 0.3) is 0 Å². The van der Waals surface area contributed by atoms with Gasteiger partial charge in [0.2, 0.25) is 0 Å². The van der Waals surface area contributed by atoms with Crippen LogP contribution in [0, 0.1) is 27.7 Å². The smallest absolute Gasteiger partial charge is 0.125 e. The number of benzene rings is 2. The van der Waals surface area contributed by atoms with Crippen LogP contribution in [0.25, 0.3) is 0 Å². The van der Waals surface area contributed by atoms with Crippen molar-refractivity contribution in [2.24, 2.45) is 0 Å². The van der Waals surface area contributed by atoms with E-state index in [0.29, 0.717) is 6.61 Å². The summed E-state index contributed by atoms with van der Waals surface area (Å²) >= 11 is 0. The largest absolute Gasteiger partial charge is 0.491 e. The second-order valence-corrected chi connectivity index (χ2v) is 5.79. The van der Waals surface area contributed by atoms with Crippen LogP contribution in [0.5, 0.6) is 5.75 Å². The molecule has 0 aliphatic carbocycles. The Balaban J connectivity index is 2.12. The molecule has 1 unspecified atom stereocenters. The maximum atomic E-state index is 6.10. The topological polar surface area (TPSA) is 21.3 Å². The molecule has 0 bridgehead atoms. The summed E-state index contributed by atoms with van der Waals surface area (Å²) in [5, 5.41) is 3.33. The predicted molar refractivity (Wildman–Crippen MR) is 89.1 cm³/mol. The van der Waals surface area contributed by atoms with E-state index in [-0.39, 0.29) is 6.04 Å². The Kier molecular flexibility index (Phi) is 5.03. The van der Waals surface area contributed by atoms with E-state index in [2.05, 4.69) is 69.4 Å². The molecule has 0 radical (unpaired) electrons. The minimum Gasteiger partial charge on any atom is -0.491 e. The molecular formula is C19H25NO. The van der Waals surface area contributed by atoms with E-state index in [1.54, 1.807) is 0 Å². The lowest BCUT2D eigenvalue weighted by atomic mass is 10.1. The van der Waals surface area contributed by atoms with Crippen LogP contribution in [-0.4, -0.2) is 13.7 Å². The molecule has 2 heteroatoms. The van der Waals surface area contributed by atoms with Gasteiger partial charge in [-0.1, -0.05) is 47.5 Å². The minimum absolute atomic E-state index is 0.200. The van der Waals surface area contributed by atoms with Crippen LogP contribution >= 0.6 is 0 Å². The lowest BCUT2D eigenvalue weighted by molar-refractivity contribution is 0.270. The molecule has 112 valence electrons. The summed E-state index contributed by atoms with van der Waals surface area (Å²) in [6.45, 7) is 9.07. The summed E-state index contributed by atoms with van der Waals surface area (Å²) in [6, 6.07) is 13.1. The number of aryl methyl sites for hydroxylation is 4. The van der Waals surface area contributed by atoms with Crippen molar-refractivity contribution < 1.29 is 4.74 Å². The van der Waals surface area contributed by atoms with E-state index in [1.165, 1.54) is 27.8 Å². The first-order valence-electron chi connectivity index (χ1n) is 7.45. The maximum absolute atomic E-state index is 6.10. The van der Waals surface area contributed by atoms with Crippen LogP contribution in [0.15, 0.2) is 36.4 Å². The van der Waals surface area contributed by atoms with Gasteiger partial charge in [-0.15, -0.1) is 0 Å². The molecule has 2 nitrogen and oxygen atoms in total. The molecule has 0 heterocycles. The molecule has 21 heavy (non-hydrogen) atoms. The molecule has 0 aliphatic heterocycles. The summed E-state index contributed by atoms with van der Waals surface area (Å²) in [7, 11) is 1.97. The molecule has 0 saturated carbocycles. The first-order valence-corrected chi connectivity index (χ1v) is 7.45. The van der Waals surface area contributed by atoms with Crippen molar-refractivity contribution in [2.75, 3.05) is 13.7 Å². The van der Waals surface area contributed by atoms with Gasteiger partial charge in [0.05, 0.1) is 6.04 Å². The van der Waals surface area contributed by atoms with E-state index in [0.717, 1.165) is 5.75 Å². The van der Waals surface area contributed by atoms with Gasteiger partial charge in [0.15, 0.2) is 0 Å². The number of ether oxygens (including phenoxy) is 1. The van der Waals surface area contributed by atoms with Gasteiger partial charge in [-0.3, -0.25) is 0 Å². The third-order valence-corrected chi connectivity index (χ3v) is 3.83. The molecule has 0 aromatic heterocycles. The Bertz CT molecular complexity index is 578. The molecule has 0 saturated heterocycles. The van der Waals surface area contributed by atoms with Gasteiger partial charge in [0.1, 0.15) is 12.4 Å². The number of rotatable bonds is 5. The Morgan fingerprint density at radius 2 is 1.48 bits per heavy atom. The fraction of sp³-hybridized carbons (Fsp3) is 0.368. The first kappa shape index (κ1) is 15.6. The highest BCUT2D eigenvalue weighted by Crippen LogP contribution is 2.26. The normalized spacial score (nSPS) is 12.2. The molecule has 0 spiro atoms. The highest BCUT2D eigenvalue weighted by atomic mass is 16.5. The average Bonchev–Trinajstić information content (AvgIpc) is 2.43. The zero-order valence-corrected chi connectivity index (χ0v) is 13.7. The highest BCUT2D eigenvalue weighted by molar-refractivity contribution is 5.43. The first-order chi connectivity index (χ1) is 10.0. The molecule has 2 aromatic carbocycles. The summed E-state index contributed by atoms with van der Waals surface area (Å²) < 4.78 is 6.10. The van der Waals surface area contributed by atoms with E-state index in [9.17, 15) is 0 Å². The van der Waals surface area contributed by atoms with Crippen molar-refractivity contribution in [3.63, 3.8) is 0 Å². The van der Waals surface area contributed by atoms with E-state index >= 15 is 0 Å². The molecule has 1 N–H and O–H groups in total. The molecule has 0 aliphatic rings. The van der Waals surface area contributed by atoms with Crippen LogP contribution in [0.2, 0.25) is 0 Å². The standard InChI is InChI=1S/C19H25NO/c1-13-6-8-17(9-7-13)18(20-5)12-21-19-15(3)10-14(2)11-16(19)4/h6-11,18,20H,12H2,1-5H3. The third-order valence-electron chi connectivity index (χ3n) is 3.83. The monoisotopic (exact) mass is 283 g/mol. The number of nitrogens with one attached hydrogen (secondary N) is 1. The summed E-state index contributed by atoms with van der Waals surface area (Å²) in [5.41, 5.74) is 6.21. The summed E-state index contributed by atoms with van der Waals surface area (Å²) in [5.74, 6) is 1.01. The predicted octanol–water partition coefficient (Wildman–Crippen LogP) is 4.26. The SMILES string of the molecule is CNC(COc1c(C)cc(C)cc1C)c1ccc(C)cc1. The maximum Gasteiger partial charge on any atom is 0.125 e. The summed E-state index contributed by atoms with van der Waals surface area (Å²) in [4.78, 5) is 0. The Labute approximate surface area is 128 Å². The van der Waals surface area contributed by atoms with Gasteiger partial charge in [-0.25, -0.2) is 0 Å². The van der Waals surface area contributed by atoms with E-state index in [1.807, 2.05) is 7.05 Å². The van der Waals surface area contributed by atoms with Crippen molar-refractivity contribution >= 4 is 0 Å². The van der Waals surface area contributed by atoms with Crippen LogP contribution in [-0.2, 0) is 0 Å².